The number of aliphatic hydroxyl groups excluding tert-OH is 1. The summed E-state index contributed by atoms with van der Waals surface area (Å²) in [6.45, 7) is 2.83. The quantitative estimate of drug-likeness (QED) is 0.705. The molecule has 1 unspecified atom stereocenters. The number of aliphatic hydroxyl groups is 1. The molecule has 2 aromatic carbocycles. The van der Waals surface area contributed by atoms with Crippen molar-refractivity contribution in [2.24, 2.45) is 0 Å². The fourth-order valence-electron chi connectivity index (χ4n) is 4.02. The minimum atomic E-state index is -0.565. The van der Waals surface area contributed by atoms with E-state index in [2.05, 4.69) is 11.9 Å². The van der Waals surface area contributed by atoms with Crippen molar-refractivity contribution in [3.63, 3.8) is 0 Å². The lowest BCUT2D eigenvalue weighted by Crippen LogP contribution is -2.32. The topological polar surface area (TPSA) is 56.3 Å². The number of amides is 1. The number of benzene rings is 2. The molecule has 28 heavy (non-hydrogen) atoms. The summed E-state index contributed by atoms with van der Waals surface area (Å²) in [5.74, 6) is -0.911. The lowest BCUT2D eigenvalue weighted by molar-refractivity contribution is -0.134. The molecule has 1 aliphatic rings. The second-order valence-electron chi connectivity index (χ2n) is 7.14. The predicted octanol–water partition coefficient (Wildman–Crippen LogP) is 4.00. The van der Waals surface area contributed by atoms with Crippen molar-refractivity contribution < 1.29 is 14.3 Å². The molecule has 1 aromatic heterocycles. The van der Waals surface area contributed by atoms with Gasteiger partial charge in [0.15, 0.2) is 0 Å². The van der Waals surface area contributed by atoms with E-state index in [1.165, 1.54) is 12.1 Å². The van der Waals surface area contributed by atoms with Gasteiger partial charge in [-0.1, -0.05) is 49.4 Å². The van der Waals surface area contributed by atoms with Gasteiger partial charge >= 0.3 is 0 Å². The van der Waals surface area contributed by atoms with Crippen LogP contribution in [0.1, 0.15) is 35.4 Å². The summed E-state index contributed by atoms with van der Waals surface area (Å²) in [5.41, 5.74) is 6.04. The molecule has 144 valence electrons. The Kier molecular flexibility index (Phi) is 5.01. The van der Waals surface area contributed by atoms with Crippen LogP contribution in [0.5, 0.6) is 0 Å². The van der Waals surface area contributed by atoms with Gasteiger partial charge in [0.05, 0.1) is 19.1 Å². The van der Waals surface area contributed by atoms with Crippen molar-refractivity contribution >= 4 is 5.91 Å². The van der Waals surface area contributed by atoms with Crippen LogP contribution in [0.2, 0.25) is 0 Å². The van der Waals surface area contributed by atoms with Crippen molar-refractivity contribution in [3.05, 3.63) is 82.9 Å². The Bertz CT molecular complexity index is 980. The summed E-state index contributed by atoms with van der Waals surface area (Å²) in [4.78, 5) is 18.3. The lowest BCUT2D eigenvalue weighted by atomic mass is 9.98. The van der Waals surface area contributed by atoms with Crippen LogP contribution in [0, 0.1) is 5.82 Å². The Hall–Kier alpha value is -2.92. The Balaban J connectivity index is 1.63. The monoisotopic (exact) mass is 378 g/mol. The Morgan fingerprint density at radius 3 is 2.50 bits per heavy atom. The highest BCUT2D eigenvalue weighted by atomic mass is 19.1. The Morgan fingerprint density at radius 1 is 1.14 bits per heavy atom. The maximum Gasteiger partial charge on any atom is 0.233 e. The molecular formula is C23H23FN2O2. The van der Waals surface area contributed by atoms with E-state index in [0.717, 1.165) is 40.1 Å². The molecule has 0 spiro atoms. The maximum atomic E-state index is 13.4. The van der Waals surface area contributed by atoms with Crippen LogP contribution in [-0.4, -0.2) is 27.5 Å². The first-order valence-electron chi connectivity index (χ1n) is 9.55. The van der Waals surface area contributed by atoms with E-state index in [9.17, 15) is 14.3 Å². The molecule has 1 atom stereocenters. The van der Waals surface area contributed by atoms with Gasteiger partial charge in [-0.25, -0.2) is 4.39 Å². The highest BCUT2D eigenvalue weighted by Gasteiger charge is 2.33. The number of aromatic amines is 1. The molecule has 0 fully saturated rings. The number of nitrogens with one attached hydrogen (secondary N) is 1. The van der Waals surface area contributed by atoms with Gasteiger partial charge in [0, 0.05) is 29.1 Å². The zero-order valence-electron chi connectivity index (χ0n) is 15.8. The molecule has 0 saturated carbocycles. The van der Waals surface area contributed by atoms with Gasteiger partial charge in [0.2, 0.25) is 5.91 Å². The zero-order chi connectivity index (χ0) is 19.7. The van der Waals surface area contributed by atoms with E-state index < -0.39 is 5.92 Å². The summed E-state index contributed by atoms with van der Waals surface area (Å²) in [7, 11) is 0. The molecule has 1 aliphatic heterocycles. The molecule has 0 saturated heterocycles. The van der Waals surface area contributed by atoms with E-state index in [-0.39, 0.29) is 18.3 Å². The SMILES string of the molecule is CCc1[nH]c2c(c1-c1ccc(F)cc1)CN(C(=O)C(CO)c1ccccc1)C2. The molecular weight excluding hydrogens is 355 g/mol. The smallest absolute Gasteiger partial charge is 0.233 e. The van der Waals surface area contributed by atoms with Crippen LogP contribution < -0.4 is 0 Å². The number of aryl methyl sites for hydroxylation is 1. The third-order valence-electron chi connectivity index (χ3n) is 5.45. The molecule has 5 heteroatoms. The zero-order valence-corrected chi connectivity index (χ0v) is 15.8. The minimum Gasteiger partial charge on any atom is -0.395 e. The van der Waals surface area contributed by atoms with Gasteiger partial charge in [0.1, 0.15) is 5.82 Å². The normalized spacial score (nSPS) is 14.2. The number of rotatable bonds is 5. The van der Waals surface area contributed by atoms with Gasteiger partial charge in [-0.15, -0.1) is 0 Å². The maximum absolute atomic E-state index is 13.4. The van der Waals surface area contributed by atoms with Crippen molar-refractivity contribution in [3.8, 4) is 11.1 Å². The third kappa shape index (κ3) is 3.22. The van der Waals surface area contributed by atoms with Crippen LogP contribution in [0.4, 0.5) is 4.39 Å². The summed E-state index contributed by atoms with van der Waals surface area (Å²) >= 11 is 0. The Morgan fingerprint density at radius 2 is 1.86 bits per heavy atom. The number of hydrogen-bond acceptors (Lipinski definition) is 2. The number of carbonyl (C=O) groups is 1. The second-order valence-corrected chi connectivity index (χ2v) is 7.14. The van der Waals surface area contributed by atoms with Crippen molar-refractivity contribution in [1.82, 2.24) is 9.88 Å². The number of fused-ring (bicyclic) bond motifs is 1. The van der Waals surface area contributed by atoms with Gasteiger partial charge in [-0.3, -0.25) is 4.79 Å². The molecule has 1 amide bonds. The summed E-state index contributed by atoms with van der Waals surface area (Å²) in [6, 6.07) is 15.9. The highest BCUT2D eigenvalue weighted by molar-refractivity contribution is 5.85. The molecule has 2 heterocycles. The highest BCUT2D eigenvalue weighted by Crippen LogP contribution is 2.37. The van der Waals surface area contributed by atoms with Gasteiger partial charge in [-0.05, 0) is 29.7 Å². The first kappa shape index (κ1) is 18.4. The predicted molar refractivity (Wildman–Crippen MR) is 106 cm³/mol. The number of nitrogens with zero attached hydrogens (tertiary/aromatic N) is 1. The molecule has 0 radical (unpaired) electrons. The van der Waals surface area contributed by atoms with E-state index in [1.807, 2.05) is 30.3 Å². The third-order valence-corrected chi connectivity index (χ3v) is 5.45. The summed E-state index contributed by atoms with van der Waals surface area (Å²) in [6.07, 6.45) is 0.830. The molecule has 4 rings (SSSR count). The first-order chi connectivity index (χ1) is 13.6. The first-order valence-corrected chi connectivity index (χ1v) is 9.55. The largest absolute Gasteiger partial charge is 0.395 e. The average molecular weight is 378 g/mol. The molecule has 3 aromatic rings. The van der Waals surface area contributed by atoms with Crippen LogP contribution in [0.25, 0.3) is 11.1 Å². The van der Waals surface area contributed by atoms with E-state index in [4.69, 9.17) is 0 Å². The number of H-pyrrole nitrogens is 1. The molecule has 0 aliphatic carbocycles. The van der Waals surface area contributed by atoms with E-state index >= 15 is 0 Å². The molecule has 0 bridgehead atoms. The van der Waals surface area contributed by atoms with Gasteiger partial charge in [-0.2, -0.15) is 0 Å². The van der Waals surface area contributed by atoms with Crippen LogP contribution in [0.15, 0.2) is 54.6 Å². The van der Waals surface area contributed by atoms with Crippen LogP contribution >= 0.6 is 0 Å². The number of halogens is 1. The standard InChI is InChI=1S/C23H23FN2O2/c1-2-20-22(16-8-10-17(24)11-9-16)18-12-26(13-21(18)25-20)23(28)19(14-27)15-6-4-3-5-7-15/h3-11,19,25,27H,2,12-14H2,1H3. The molecule has 4 nitrogen and oxygen atoms in total. The Labute approximate surface area is 163 Å². The number of carbonyl (C=O) groups excluding carboxylic acids is 1. The molecule has 2 N–H and O–H groups in total. The van der Waals surface area contributed by atoms with Crippen molar-refractivity contribution in [1.29, 1.82) is 0 Å². The van der Waals surface area contributed by atoms with Gasteiger partial charge in [0.25, 0.3) is 0 Å². The summed E-state index contributed by atoms with van der Waals surface area (Å²) < 4.78 is 13.4. The fourth-order valence-corrected chi connectivity index (χ4v) is 4.02. The fraction of sp³-hybridized carbons (Fsp3) is 0.261. The van der Waals surface area contributed by atoms with Crippen LogP contribution in [-0.2, 0) is 24.3 Å². The average Bonchev–Trinajstić information content (AvgIpc) is 3.28. The number of aromatic nitrogens is 1. The van der Waals surface area contributed by atoms with Crippen LogP contribution in [0.3, 0.4) is 0 Å². The minimum absolute atomic E-state index is 0.0820. The van der Waals surface area contributed by atoms with Crippen molar-refractivity contribution in [2.45, 2.75) is 32.4 Å². The van der Waals surface area contributed by atoms with Crippen molar-refractivity contribution in [2.75, 3.05) is 6.61 Å². The number of hydrogen-bond donors (Lipinski definition) is 2. The summed E-state index contributed by atoms with van der Waals surface area (Å²) in [5, 5.41) is 9.83. The second kappa shape index (κ2) is 7.60. The van der Waals surface area contributed by atoms with E-state index in [1.54, 1.807) is 17.0 Å². The van der Waals surface area contributed by atoms with Gasteiger partial charge < -0.3 is 15.0 Å². The van der Waals surface area contributed by atoms with E-state index in [0.29, 0.717) is 13.1 Å². The lowest BCUT2D eigenvalue weighted by Gasteiger charge is -2.22.